The van der Waals surface area contributed by atoms with Crippen LogP contribution in [0, 0.1) is 0 Å². The highest BCUT2D eigenvalue weighted by atomic mass is 35.5. The number of aromatic nitrogens is 2. The quantitative estimate of drug-likeness (QED) is 0.825. The zero-order chi connectivity index (χ0) is 13.8. The smallest absolute Gasteiger partial charge is 0.0489 e. The van der Waals surface area contributed by atoms with Gasteiger partial charge in [-0.3, -0.25) is 4.68 Å². The number of rotatable bonds is 6. The van der Waals surface area contributed by atoms with E-state index < -0.39 is 0 Å². The molecule has 1 N–H and O–H groups in total. The Morgan fingerprint density at radius 3 is 2.85 bits per heavy atom. The summed E-state index contributed by atoms with van der Waals surface area (Å²) in [5, 5.41) is 8.73. The van der Waals surface area contributed by atoms with E-state index in [4.69, 9.17) is 11.6 Å². The van der Waals surface area contributed by atoms with Gasteiger partial charge >= 0.3 is 0 Å². The maximum atomic E-state index is 6.23. The van der Waals surface area contributed by atoms with E-state index in [0.717, 1.165) is 24.5 Å². The third kappa shape index (κ3) is 3.22. The molecule has 0 spiro atoms. The molecule has 1 heterocycles. The number of nitrogens with zero attached hydrogens (tertiary/aromatic N) is 2. The minimum Gasteiger partial charge on any atom is -0.314 e. The Kier molecular flexibility index (Phi) is 4.38. The van der Waals surface area contributed by atoms with Crippen molar-refractivity contribution in [3.63, 3.8) is 0 Å². The third-order valence-corrected chi connectivity index (χ3v) is 4.38. The molecule has 1 saturated carbocycles. The van der Waals surface area contributed by atoms with Crippen molar-refractivity contribution in [1.82, 2.24) is 15.1 Å². The van der Waals surface area contributed by atoms with Crippen molar-refractivity contribution in [3.05, 3.63) is 53.3 Å². The molecule has 0 radical (unpaired) electrons. The summed E-state index contributed by atoms with van der Waals surface area (Å²) in [7, 11) is 0. The van der Waals surface area contributed by atoms with Crippen LogP contribution in [0.4, 0.5) is 0 Å². The molecule has 20 heavy (non-hydrogen) atoms. The van der Waals surface area contributed by atoms with Crippen molar-refractivity contribution in [2.24, 2.45) is 0 Å². The second kappa shape index (κ2) is 6.42. The summed E-state index contributed by atoms with van der Waals surface area (Å²) in [5.74, 6) is 0.632. The third-order valence-electron chi connectivity index (χ3n) is 4.04. The minimum absolute atomic E-state index is 0.632. The van der Waals surface area contributed by atoms with E-state index in [0.29, 0.717) is 12.0 Å². The second-order valence-corrected chi connectivity index (χ2v) is 5.87. The number of hydrogen-bond acceptors (Lipinski definition) is 2. The van der Waals surface area contributed by atoms with Crippen LogP contribution in [0.5, 0.6) is 0 Å². The highest BCUT2D eigenvalue weighted by molar-refractivity contribution is 6.31. The molecule has 3 rings (SSSR count). The average Bonchev–Trinajstić information content (AvgIpc) is 2.91. The lowest BCUT2D eigenvalue weighted by atomic mass is 9.76. The first kappa shape index (κ1) is 13.7. The summed E-state index contributed by atoms with van der Waals surface area (Å²) >= 11 is 6.23. The standard InChI is InChI=1S/C16H20ClN3/c17-16-6-2-1-5-15(16)13-11-14(12-13)18-7-3-9-20-10-4-8-19-20/h1-2,4-6,8,10,13-14,18H,3,7,9,11-12H2. The second-order valence-electron chi connectivity index (χ2n) is 5.46. The van der Waals surface area contributed by atoms with Crippen LogP contribution in [0.3, 0.4) is 0 Å². The van der Waals surface area contributed by atoms with Crippen molar-refractivity contribution < 1.29 is 0 Å². The largest absolute Gasteiger partial charge is 0.314 e. The minimum atomic E-state index is 0.632. The normalized spacial score (nSPS) is 21.6. The van der Waals surface area contributed by atoms with Gasteiger partial charge in [-0.05, 0) is 49.4 Å². The van der Waals surface area contributed by atoms with Gasteiger partial charge in [0.25, 0.3) is 0 Å². The van der Waals surface area contributed by atoms with Crippen LogP contribution < -0.4 is 5.32 Å². The summed E-state index contributed by atoms with van der Waals surface area (Å²) < 4.78 is 1.98. The fraction of sp³-hybridized carbons (Fsp3) is 0.438. The van der Waals surface area contributed by atoms with Crippen LogP contribution in [-0.4, -0.2) is 22.4 Å². The summed E-state index contributed by atoms with van der Waals surface area (Å²) in [6.45, 7) is 2.04. The van der Waals surface area contributed by atoms with Crippen molar-refractivity contribution in [2.75, 3.05) is 6.54 Å². The lowest BCUT2D eigenvalue weighted by Gasteiger charge is -2.36. The molecule has 2 aromatic rings. The van der Waals surface area contributed by atoms with E-state index >= 15 is 0 Å². The van der Waals surface area contributed by atoms with Gasteiger partial charge in [0.1, 0.15) is 0 Å². The topological polar surface area (TPSA) is 29.9 Å². The molecule has 3 nitrogen and oxygen atoms in total. The zero-order valence-corrected chi connectivity index (χ0v) is 12.3. The highest BCUT2D eigenvalue weighted by Crippen LogP contribution is 2.39. The molecule has 0 unspecified atom stereocenters. The Labute approximate surface area is 124 Å². The van der Waals surface area contributed by atoms with E-state index in [1.165, 1.54) is 18.4 Å². The lowest BCUT2D eigenvalue weighted by molar-refractivity contribution is 0.288. The zero-order valence-electron chi connectivity index (χ0n) is 11.5. The van der Waals surface area contributed by atoms with Crippen LogP contribution in [0.15, 0.2) is 42.7 Å². The van der Waals surface area contributed by atoms with Crippen LogP contribution in [0.1, 0.15) is 30.7 Å². The molecule has 0 aliphatic heterocycles. The van der Waals surface area contributed by atoms with Crippen LogP contribution >= 0.6 is 11.6 Å². The molecule has 0 bridgehead atoms. The number of nitrogens with one attached hydrogen (secondary N) is 1. The van der Waals surface area contributed by atoms with Crippen LogP contribution in [0.25, 0.3) is 0 Å². The fourth-order valence-corrected chi connectivity index (χ4v) is 3.11. The van der Waals surface area contributed by atoms with Gasteiger partial charge in [0.05, 0.1) is 0 Å². The van der Waals surface area contributed by atoms with Gasteiger partial charge in [0, 0.05) is 30.0 Å². The Balaban J connectivity index is 1.35. The Morgan fingerprint density at radius 2 is 2.10 bits per heavy atom. The van der Waals surface area contributed by atoms with Gasteiger partial charge in [0.2, 0.25) is 0 Å². The maximum Gasteiger partial charge on any atom is 0.0489 e. The Morgan fingerprint density at radius 1 is 1.25 bits per heavy atom. The molecule has 1 fully saturated rings. The van der Waals surface area contributed by atoms with Crippen LogP contribution in [-0.2, 0) is 6.54 Å². The Hall–Kier alpha value is -1.32. The summed E-state index contributed by atoms with van der Waals surface area (Å²) in [4.78, 5) is 0. The molecule has 1 aliphatic rings. The molecule has 4 heteroatoms. The van der Waals surface area contributed by atoms with Crippen molar-refractivity contribution in [2.45, 2.75) is 37.8 Å². The van der Waals surface area contributed by atoms with Gasteiger partial charge in [-0.25, -0.2) is 0 Å². The van der Waals surface area contributed by atoms with E-state index in [9.17, 15) is 0 Å². The molecular formula is C16H20ClN3. The van der Waals surface area contributed by atoms with Gasteiger partial charge in [-0.1, -0.05) is 29.8 Å². The van der Waals surface area contributed by atoms with E-state index in [1.807, 2.05) is 35.3 Å². The summed E-state index contributed by atoms with van der Waals surface area (Å²) in [5.41, 5.74) is 1.31. The van der Waals surface area contributed by atoms with Gasteiger partial charge in [0.15, 0.2) is 0 Å². The summed E-state index contributed by atoms with van der Waals surface area (Å²) in [6.07, 6.45) is 7.36. The molecular weight excluding hydrogens is 270 g/mol. The fourth-order valence-electron chi connectivity index (χ4n) is 2.82. The van der Waals surface area contributed by atoms with E-state index in [2.05, 4.69) is 22.5 Å². The molecule has 1 aromatic carbocycles. The first-order valence-corrected chi connectivity index (χ1v) is 7.66. The van der Waals surface area contributed by atoms with E-state index in [1.54, 1.807) is 0 Å². The molecule has 1 aliphatic carbocycles. The van der Waals surface area contributed by atoms with Gasteiger partial charge in [-0.2, -0.15) is 5.10 Å². The number of aryl methyl sites for hydroxylation is 1. The molecule has 0 amide bonds. The maximum absolute atomic E-state index is 6.23. The monoisotopic (exact) mass is 289 g/mol. The molecule has 1 aromatic heterocycles. The van der Waals surface area contributed by atoms with Gasteiger partial charge in [-0.15, -0.1) is 0 Å². The predicted octanol–water partition coefficient (Wildman–Crippen LogP) is 3.46. The average molecular weight is 290 g/mol. The highest BCUT2D eigenvalue weighted by Gasteiger charge is 2.30. The van der Waals surface area contributed by atoms with Crippen molar-refractivity contribution >= 4 is 11.6 Å². The molecule has 106 valence electrons. The van der Waals surface area contributed by atoms with Crippen LogP contribution in [0.2, 0.25) is 5.02 Å². The van der Waals surface area contributed by atoms with Crippen molar-refractivity contribution in [1.29, 1.82) is 0 Å². The van der Waals surface area contributed by atoms with Crippen molar-refractivity contribution in [3.8, 4) is 0 Å². The number of benzene rings is 1. The van der Waals surface area contributed by atoms with E-state index in [-0.39, 0.29) is 0 Å². The Bertz CT molecular complexity index is 532. The number of hydrogen-bond donors (Lipinski definition) is 1. The first-order chi connectivity index (χ1) is 9.83. The molecule has 0 atom stereocenters. The molecule has 0 saturated heterocycles. The number of halogens is 1. The first-order valence-electron chi connectivity index (χ1n) is 7.28. The lowest BCUT2D eigenvalue weighted by Crippen LogP contribution is -2.40. The summed E-state index contributed by atoms with van der Waals surface area (Å²) in [6, 6.07) is 10.8. The SMILES string of the molecule is Clc1ccccc1C1CC(NCCCn2cccn2)C1. The van der Waals surface area contributed by atoms with Gasteiger partial charge < -0.3 is 5.32 Å². The predicted molar refractivity (Wildman–Crippen MR) is 82.1 cm³/mol.